The fourth-order valence-electron chi connectivity index (χ4n) is 4.34. The van der Waals surface area contributed by atoms with Crippen molar-refractivity contribution in [2.45, 2.75) is 148 Å². The smallest absolute Gasteiger partial charge is 0.306 e. The van der Waals surface area contributed by atoms with E-state index in [1.54, 1.807) is 36.5 Å². The largest absolute Gasteiger partial charge is 0.462 e. The Hall–Kier alpha value is -2.22. The fraction of sp³-hybridized carbons (Fsp3) is 0.722. The van der Waals surface area contributed by atoms with Gasteiger partial charge in [-0.15, -0.1) is 0 Å². The van der Waals surface area contributed by atoms with Crippen LogP contribution in [-0.4, -0.2) is 58.8 Å². The van der Waals surface area contributed by atoms with Gasteiger partial charge in [-0.1, -0.05) is 127 Å². The SMILES string of the molecule is CCCCC/C=C\C[C@@H](O)/C=C/C=C/C=C\[C@@H](O)CCCC(=O)OC[C@H](CO)OC(=O)CCCCCCCCCC(C)C. The number of esters is 2. The molecular weight excluding hydrogens is 544 g/mol. The molecule has 0 aliphatic carbocycles. The minimum absolute atomic E-state index is 0.123. The van der Waals surface area contributed by atoms with Gasteiger partial charge in [0.15, 0.2) is 6.10 Å². The maximum atomic E-state index is 12.1. The highest BCUT2D eigenvalue weighted by Crippen LogP contribution is 2.13. The van der Waals surface area contributed by atoms with Crippen LogP contribution < -0.4 is 0 Å². The third-order valence-corrected chi connectivity index (χ3v) is 6.99. The molecule has 0 bridgehead atoms. The van der Waals surface area contributed by atoms with E-state index < -0.39 is 30.9 Å². The van der Waals surface area contributed by atoms with Gasteiger partial charge in [0, 0.05) is 12.8 Å². The number of unbranched alkanes of at least 4 members (excludes halogenated alkanes) is 9. The summed E-state index contributed by atoms with van der Waals surface area (Å²) in [6, 6.07) is 0. The maximum Gasteiger partial charge on any atom is 0.306 e. The van der Waals surface area contributed by atoms with Gasteiger partial charge < -0.3 is 24.8 Å². The van der Waals surface area contributed by atoms with E-state index in [4.69, 9.17) is 9.47 Å². The first-order valence-electron chi connectivity index (χ1n) is 16.8. The Kier molecular flexibility index (Phi) is 28.3. The lowest BCUT2D eigenvalue weighted by Crippen LogP contribution is -2.28. The van der Waals surface area contributed by atoms with Crippen molar-refractivity contribution in [2.24, 2.45) is 5.92 Å². The summed E-state index contributed by atoms with van der Waals surface area (Å²) in [4.78, 5) is 24.1. The molecule has 0 amide bonds. The molecule has 248 valence electrons. The zero-order chi connectivity index (χ0) is 32.0. The van der Waals surface area contributed by atoms with Crippen LogP contribution in [-0.2, 0) is 19.1 Å². The summed E-state index contributed by atoms with van der Waals surface area (Å²) in [5.74, 6) is -0.0714. The van der Waals surface area contributed by atoms with Gasteiger partial charge in [-0.2, -0.15) is 0 Å². The zero-order valence-electron chi connectivity index (χ0n) is 27.3. The van der Waals surface area contributed by atoms with Crippen LogP contribution in [0.4, 0.5) is 0 Å². The molecule has 7 nitrogen and oxygen atoms in total. The lowest BCUT2D eigenvalue weighted by molar-refractivity contribution is -0.161. The minimum Gasteiger partial charge on any atom is -0.462 e. The molecule has 0 aliphatic rings. The number of aliphatic hydroxyl groups is 3. The van der Waals surface area contributed by atoms with E-state index in [1.165, 1.54) is 51.4 Å². The first-order chi connectivity index (χ1) is 20.8. The van der Waals surface area contributed by atoms with Crippen molar-refractivity contribution < 1.29 is 34.4 Å². The van der Waals surface area contributed by atoms with Crippen molar-refractivity contribution in [2.75, 3.05) is 13.2 Å². The molecule has 43 heavy (non-hydrogen) atoms. The van der Waals surface area contributed by atoms with Crippen LogP contribution in [0, 0.1) is 5.92 Å². The Bertz CT molecular complexity index is 784. The molecule has 0 aromatic carbocycles. The Morgan fingerprint density at radius 2 is 1.33 bits per heavy atom. The van der Waals surface area contributed by atoms with Crippen molar-refractivity contribution in [1.29, 1.82) is 0 Å². The Balaban J connectivity index is 3.94. The standard InChI is InChI=1S/C36H62O7/c1-4-5-6-7-12-17-23-32(38)24-18-14-15-19-25-33(39)26-21-28-35(40)42-30-34(29-37)43-36(41)27-20-13-10-8-9-11-16-22-31(2)3/h12,14-15,17-19,24-25,31-34,37-39H,4-11,13,16,20-23,26-30H2,1-3H3/b15-14+,17-12-,24-18+,25-19-/t32-,33-,34+/m1/s1. The number of aliphatic hydroxyl groups excluding tert-OH is 3. The van der Waals surface area contributed by atoms with Crippen LogP contribution in [0.2, 0.25) is 0 Å². The predicted molar refractivity (Wildman–Crippen MR) is 175 cm³/mol. The summed E-state index contributed by atoms with van der Waals surface area (Å²) in [6.07, 6.45) is 28.1. The molecule has 0 fully saturated rings. The Morgan fingerprint density at radius 1 is 0.698 bits per heavy atom. The van der Waals surface area contributed by atoms with Crippen molar-refractivity contribution in [1.82, 2.24) is 0 Å². The first-order valence-corrected chi connectivity index (χ1v) is 16.8. The second-order valence-corrected chi connectivity index (χ2v) is 11.8. The zero-order valence-corrected chi connectivity index (χ0v) is 27.3. The average molecular weight is 607 g/mol. The predicted octanol–water partition coefficient (Wildman–Crippen LogP) is 7.69. The van der Waals surface area contributed by atoms with Gasteiger partial charge in [0.1, 0.15) is 6.61 Å². The third-order valence-electron chi connectivity index (χ3n) is 6.99. The number of carbonyl (C=O) groups excluding carboxylic acids is 2. The summed E-state index contributed by atoms with van der Waals surface area (Å²) in [5, 5.41) is 29.5. The number of carbonyl (C=O) groups is 2. The molecule has 0 aromatic heterocycles. The van der Waals surface area contributed by atoms with E-state index in [-0.39, 0.29) is 19.0 Å². The molecule has 0 heterocycles. The molecule has 0 aromatic rings. The molecule has 0 rings (SSSR count). The number of rotatable bonds is 28. The van der Waals surface area contributed by atoms with Crippen LogP contribution in [0.1, 0.15) is 130 Å². The number of hydrogen-bond acceptors (Lipinski definition) is 7. The summed E-state index contributed by atoms with van der Waals surface area (Å²) >= 11 is 0. The summed E-state index contributed by atoms with van der Waals surface area (Å²) in [7, 11) is 0. The second kappa shape index (κ2) is 29.8. The molecule has 0 unspecified atom stereocenters. The highest BCUT2D eigenvalue weighted by Gasteiger charge is 2.16. The van der Waals surface area contributed by atoms with E-state index >= 15 is 0 Å². The highest BCUT2D eigenvalue weighted by atomic mass is 16.6. The van der Waals surface area contributed by atoms with Crippen LogP contribution in [0.25, 0.3) is 0 Å². The van der Waals surface area contributed by atoms with Gasteiger partial charge in [0.2, 0.25) is 0 Å². The van der Waals surface area contributed by atoms with Crippen molar-refractivity contribution >= 4 is 11.9 Å². The van der Waals surface area contributed by atoms with Crippen molar-refractivity contribution in [3.8, 4) is 0 Å². The Morgan fingerprint density at radius 3 is 1.98 bits per heavy atom. The molecule has 0 spiro atoms. The fourth-order valence-corrected chi connectivity index (χ4v) is 4.34. The van der Waals surface area contributed by atoms with E-state index in [1.807, 2.05) is 6.08 Å². The number of hydrogen-bond donors (Lipinski definition) is 3. The van der Waals surface area contributed by atoms with Crippen LogP contribution in [0.3, 0.4) is 0 Å². The summed E-state index contributed by atoms with van der Waals surface area (Å²) in [5.41, 5.74) is 0. The normalized spacial score (nSPS) is 14.4. The quantitative estimate of drug-likeness (QED) is 0.0362. The molecule has 0 saturated heterocycles. The topological polar surface area (TPSA) is 113 Å². The van der Waals surface area contributed by atoms with Gasteiger partial charge in [0.25, 0.3) is 0 Å². The summed E-state index contributed by atoms with van der Waals surface area (Å²) in [6.45, 7) is 6.10. The number of allylic oxidation sites excluding steroid dienone is 5. The van der Waals surface area contributed by atoms with E-state index in [0.29, 0.717) is 25.7 Å². The van der Waals surface area contributed by atoms with Gasteiger partial charge >= 0.3 is 11.9 Å². The van der Waals surface area contributed by atoms with Gasteiger partial charge in [-0.05, 0) is 44.4 Å². The molecule has 3 atom stereocenters. The van der Waals surface area contributed by atoms with Crippen molar-refractivity contribution in [3.63, 3.8) is 0 Å². The molecule has 3 N–H and O–H groups in total. The molecule has 0 saturated carbocycles. The van der Waals surface area contributed by atoms with E-state index in [2.05, 4.69) is 26.8 Å². The van der Waals surface area contributed by atoms with Gasteiger partial charge in [-0.25, -0.2) is 0 Å². The third kappa shape index (κ3) is 29.6. The van der Waals surface area contributed by atoms with E-state index in [9.17, 15) is 24.9 Å². The molecule has 7 heteroatoms. The summed E-state index contributed by atoms with van der Waals surface area (Å²) < 4.78 is 10.4. The monoisotopic (exact) mass is 606 g/mol. The second-order valence-electron chi connectivity index (χ2n) is 11.8. The molecule has 0 aliphatic heterocycles. The molecular formula is C36H62O7. The lowest BCUT2D eigenvalue weighted by atomic mass is 10.0. The van der Waals surface area contributed by atoms with Gasteiger partial charge in [0.05, 0.1) is 18.8 Å². The van der Waals surface area contributed by atoms with Crippen LogP contribution >= 0.6 is 0 Å². The first kappa shape index (κ1) is 40.8. The van der Waals surface area contributed by atoms with Crippen molar-refractivity contribution in [3.05, 3.63) is 48.6 Å². The Labute approximate surface area is 262 Å². The lowest BCUT2D eigenvalue weighted by Gasteiger charge is -2.16. The number of ether oxygens (including phenoxy) is 2. The maximum absolute atomic E-state index is 12.1. The minimum atomic E-state index is -0.861. The van der Waals surface area contributed by atoms with Crippen LogP contribution in [0.5, 0.6) is 0 Å². The highest BCUT2D eigenvalue weighted by molar-refractivity contribution is 5.70. The van der Waals surface area contributed by atoms with Gasteiger partial charge in [-0.3, -0.25) is 9.59 Å². The van der Waals surface area contributed by atoms with E-state index in [0.717, 1.165) is 31.6 Å². The molecule has 0 radical (unpaired) electrons. The van der Waals surface area contributed by atoms with Crippen LogP contribution in [0.15, 0.2) is 48.6 Å². The average Bonchev–Trinajstić information content (AvgIpc) is 2.97.